The van der Waals surface area contributed by atoms with E-state index in [-0.39, 0.29) is 5.82 Å². The summed E-state index contributed by atoms with van der Waals surface area (Å²) in [5.41, 5.74) is 0.838. The molecule has 15 heavy (non-hydrogen) atoms. The van der Waals surface area contributed by atoms with Gasteiger partial charge in [-0.2, -0.15) is 0 Å². The summed E-state index contributed by atoms with van der Waals surface area (Å²) in [4.78, 5) is 0. The molecule has 1 nitrogen and oxygen atoms in total. The van der Waals surface area contributed by atoms with E-state index in [0.717, 1.165) is 23.9 Å². The summed E-state index contributed by atoms with van der Waals surface area (Å²) < 4.78 is 12.9. The van der Waals surface area contributed by atoms with E-state index < -0.39 is 0 Å². The summed E-state index contributed by atoms with van der Waals surface area (Å²) in [6.45, 7) is 3.91. The van der Waals surface area contributed by atoms with Crippen molar-refractivity contribution >= 4 is 11.6 Å². The molecule has 0 amide bonds. The van der Waals surface area contributed by atoms with Crippen LogP contribution >= 0.6 is 11.6 Å². The lowest BCUT2D eigenvalue weighted by molar-refractivity contribution is 0.601. The van der Waals surface area contributed by atoms with Crippen molar-refractivity contribution in [3.05, 3.63) is 34.6 Å². The highest BCUT2D eigenvalue weighted by Crippen LogP contribution is 2.36. The average molecular weight is 228 g/mol. The van der Waals surface area contributed by atoms with E-state index in [1.54, 1.807) is 6.07 Å². The molecular formula is C12H15ClFN. The minimum Gasteiger partial charge on any atom is -0.312 e. The lowest BCUT2D eigenvalue weighted by Gasteiger charge is -2.06. The van der Waals surface area contributed by atoms with Gasteiger partial charge in [-0.15, -0.1) is 0 Å². The zero-order valence-electron chi connectivity index (χ0n) is 8.76. The van der Waals surface area contributed by atoms with Crippen molar-refractivity contribution in [1.82, 2.24) is 5.32 Å². The van der Waals surface area contributed by atoms with Gasteiger partial charge in [-0.25, -0.2) is 4.39 Å². The standard InChI is InChI=1S/C12H15ClFN/c1-8-4-9(8)6-15-7-10-5-11(14)2-3-12(10)13/h2-3,5,8-9,15H,4,6-7H2,1H3. The number of halogens is 2. The SMILES string of the molecule is CC1CC1CNCc1cc(F)ccc1Cl. The van der Waals surface area contributed by atoms with Crippen LogP contribution < -0.4 is 5.32 Å². The molecule has 2 rings (SSSR count). The quantitative estimate of drug-likeness (QED) is 0.833. The van der Waals surface area contributed by atoms with E-state index in [0.29, 0.717) is 11.6 Å². The molecule has 0 saturated heterocycles. The molecule has 82 valence electrons. The molecule has 1 aromatic rings. The van der Waals surface area contributed by atoms with Crippen molar-refractivity contribution in [2.45, 2.75) is 19.9 Å². The maximum absolute atomic E-state index is 12.9. The molecule has 0 bridgehead atoms. The van der Waals surface area contributed by atoms with Crippen LogP contribution in [-0.4, -0.2) is 6.54 Å². The van der Waals surface area contributed by atoms with Crippen LogP contribution in [0.3, 0.4) is 0 Å². The van der Waals surface area contributed by atoms with Crippen LogP contribution in [0.15, 0.2) is 18.2 Å². The lowest BCUT2D eigenvalue weighted by atomic mass is 10.2. The highest BCUT2D eigenvalue weighted by atomic mass is 35.5. The van der Waals surface area contributed by atoms with Gasteiger partial charge in [0.15, 0.2) is 0 Å². The smallest absolute Gasteiger partial charge is 0.123 e. The fourth-order valence-corrected chi connectivity index (χ4v) is 1.94. The Hall–Kier alpha value is -0.600. The molecule has 0 aliphatic heterocycles. The van der Waals surface area contributed by atoms with Crippen LogP contribution in [0.25, 0.3) is 0 Å². The molecule has 0 heterocycles. The molecule has 1 saturated carbocycles. The van der Waals surface area contributed by atoms with E-state index in [9.17, 15) is 4.39 Å². The molecule has 0 radical (unpaired) electrons. The third kappa shape index (κ3) is 2.93. The van der Waals surface area contributed by atoms with E-state index >= 15 is 0 Å². The summed E-state index contributed by atoms with van der Waals surface area (Å²) in [6, 6.07) is 4.48. The van der Waals surface area contributed by atoms with Gasteiger partial charge >= 0.3 is 0 Å². The van der Waals surface area contributed by atoms with Gasteiger partial charge in [-0.05, 0) is 48.6 Å². The molecule has 1 aromatic carbocycles. The summed E-state index contributed by atoms with van der Waals surface area (Å²) >= 11 is 5.95. The third-order valence-corrected chi connectivity index (χ3v) is 3.37. The number of benzene rings is 1. The first-order chi connectivity index (χ1) is 7.16. The lowest BCUT2D eigenvalue weighted by Crippen LogP contribution is -2.17. The minimum atomic E-state index is -0.226. The molecule has 2 atom stereocenters. The first kappa shape index (κ1) is 10.9. The Morgan fingerprint density at radius 3 is 2.93 bits per heavy atom. The van der Waals surface area contributed by atoms with Crippen molar-refractivity contribution in [3.8, 4) is 0 Å². The fourth-order valence-electron chi connectivity index (χ4n) is 1.75. The van der Waals surface area contributed by atoms with Gasteiger partial charge in [-0.1, -0.05) is 18.5 Å². The van der Waals surface area contributed by atoms with Crippen molar-refractivity contribution in [2.75, 3.05) is 6.54 Å². The molecule has 2 unspecified atom stereocenters. The molecule has 0 aromatic heterocycles. The average Bonchev–Trinajstić information content (AvgIpc) is 2.88. The highest BCUT2D eigenvalue weighted by Gasteiger charge is 2.31. The van der Waals surface area contributed by atoms with Gasteiger partial charge in [0.2, 0.25) is 0 Å². The Morgan fingerprint density at radius 2 is 2.27 bits per heavy atom. The minimum absolute atomic E-state index is 0.226. The Kier molecular flexibility index (Phi) is 3.27. The molecule has 0 spiro atoms. The molecule has 1 aliphatic rings. The summed E-state index contributed by atoms with van der Waals surface area (Å²) in [6.07, 6.45) is 1.31. The fraction of sp³-hybridized carbons (Fsp3) is 0.500. The second kappa shape index (κ2) is 4.50. The normalized spacial score (nSPS) is 24.2. The number of nitrogens with one attached hydrogen (secondary N) is 1. The van der Waals surface area contributed by atoms with Crippen LogP contribution in [0, 0.1) is 17.7 Å². The summed E-state index contributed by atoms with van der Waals surface area (Å²) in [5, 5.41) is 3.94. The summed E-state index contributed by atoms with van der Waals surface area (Å²) in [7, 11) is 0. The zero-order valence-corrected chi connectivity index (χ0v) is 9.52. The number of hydrogen-bond donors (Lipinski definition) is 1. The van der Waals surface area contributed by atoms with Crippen molar-refractivity contribution in [2.24, 2.45) is 11.8 Å². The van der Waals surface area contributed by atoms with Crippen molar-refractivity contribution in [1.29, 1.82) is 0 Å². The van der Waals surface area contributed by atoms with Crippen LogP contribution in [0.2, 0.25) is 5.02 Å². The van der Waals surface area contributed by atoms with Crippen LogP contribution in [0.4, 0.5) is 4.39 Å². The maximum Gasteiger partial charge on any atom is 0.123 e. The van der Waals surface area contributed by atoms with Crippen LogP contribution in [0.5, 0.6) is 0 Å². The van der Waals surface area contributed by atoms with Gasteiger partial charge < -0.3 is 5.32 Å². The second-order valence-corrected chi connectivity index (χ2v) is 4.75. The molecule has 1 aliphatic carbocycles. The van der Waals surface area contributed by atoms with Gasteiger partial charge in [0.25, 0.3) is 0 Å². The third-order valence-electron chi connectivity index (χ3n) is 3.01. The Bertz CT molecular complexity index is 353. The van der Waals surface area contributed by atoms with E-state index in [2.05, 4.69) is 12.2 Å². The zero-order chi connectivity index (χ0) is 10.8. The Balaban J connectivity index is 1.84. The van der Waals surface area contributed by atoms with Crippen molar-refractivity contribution in [3.63, 3.8) is 0 Å². The maximum atomic E-state index is 12.9. The van der Waals surface area contributed by atoms with Crippen molar-refractivity contribution < 1.29 is 4.39 Å². The highest BCUT2D eigenvalue weighted by molar-refractivity contribution is 6.31. The van der Waals surface area contributed by atoms with Gasteiger partial charge in [-0.3, -0.25) is 0 Å². The monoisotopic (exact) mass is 227 g/mol. The molecule has 1 fully saturated rings. The largest absolute Gasteiger partial charge is 0.312 e. The first-order valence-corrected chi connectivity index (χ1v) is 5.69. The molecule has 3 heteroatoms. The van der Waals surface area contributed by atoms with E-state index in [1.165, 1.54) is 18.6 Å². The van der Waals surface area contributed by atoms with Gasteiger partial charge in [0, 0.05) is 11.6 Å². The van der Waals surface area contributed by atoms with Crippen LogP contribution in [0.1, 0.15) is 18.9 Å². The topological polar surface area (TPSA) is 12.0 Å². The van der Waals surface area contributed by atoms with Crippen LogP contribution in [-0.2, 0) is 6.54 Å². The number of rotatable bonds is 4. The summed E-state index contributed by atoms with van der Waals surface area (Å²) in [5.74, 6) is 1.42. The second-order valence-electron chi connectivity index (χ2n) is 4.34. The predicted molar refractivity (Wildman–Crippen MR) is 60.4 cm³/mol. The number of hydrogen-bond acceptors (Lipinski definition) is 1. The van der Waals surface area contributed by atoms with Gasteiger partial charge in [0.1, 0.15) is 5.82 Å². The first-order valence-electron chi connectivity index (χ1n) is 5.31. The Labute approximate surface area is 94.6 Å². The molecule has 1 N–H and O–H groups in total. The Morgan fingerprint density at radius 1 is 1.53 bits per heavy atom. The molecular weight excluding hydrogens is 213 g/mol. The van der Waals surface area contributed by atoms with E-state index in [1.807, 2.05) is 0 Å². The predicted octanol–water partition coefficient (Wildman–Crippen LogP) is 3.22. The van der Waals surface area contributed by atoms with Gasteiger partial charge in [0.05, 0.1) is 0 Å². The van der Waals surface area contributed by atoms with E-state index in [4.69, 9.17) is 11.6 Å².